The van der Waals surface area contributed by atoms with Crippen molar-refractivity contribution >= 4 is 17.7 Å². The van der Waals surface area contributed by atoms with Crippen LogP contribution in [0.5, 0.6) is 0 Å². The zero-order valence-corrected chi connectivity index (χ0v) is 17.3. The van der Waals surface area contributed by atoms with Gasteiger partial charge in [0.05, 0.1) is 12.5 Å². The molecule has 10 heteroatoms. The molecule has 3 aromatic rings. The van der Waals surface area contributed by atoms with Gasteiger partial charge >= 0.3 is 0 Å². The number of nitrogens with zero attached hydrogens (tertiary/aromatic N) is 2. The summed E-state index contributed by atoms with van der Waals surface area (Å²) >= 11 is 0. The maximum absolute atomic E-state index is 12.6. The largest absolute Gasteiger partial charge is 0.448 e. The lowest BCUT2D eigenvalue weighted by molar-refractivity contribution is 0.0580. The summed E-state index contributed by atoms with van der Waals surface area (Å²) in [7, 11) is 0. The highest BCUT2D eigenvalue weighted by atomic mass is 16.3. The summed E-state index contributed by atoms with van der Waals surface area (Å²) in [6.45, 7) is 2.72. The molecule has 0 unspecified atom stereocenters. The molecule has 164 valence electrons. The number of aromatic nitrogens is 2. The van der Waals surface area contributed by atoms with E-state index in [9.17, 15) is 19.2 Å². The molecule has 4 N–H and O–H groups in total. The average molecular weight is 435 g/mol. The average Bonchev–Trinajstić information content (AvgIpc) is 3.18. The Bertz CT molecular complexity index is 1240. The molecule has 10 nitrogen and oxygen atoms in total. The number of oxazole rings is 1. The van der Waals surface area contributed by atoms with Crippen molar-refractivity contribution in [1.82, 2.24) is 20.2 Å². The van der Waals surface area contributed by atoms with Crippen molar-refractivity contribution in [2.45, 2.75) is 19.4 Å². The van der Waals surface area contributed by atoms with Gasteiger partial charge in [0.1, 0.15) is 11.5 Å². The Morgan fingerprint density at radius 1 is 1.16 bits per heavy atom. The zero-order valence-electron chi connectivity index (χ0n) is 17.3. The monoisotopic (exact) mass is 435 g/mol. The fourth-order valence-electron chi connectivity index (χ4n) is 3.59. The summed E-state index contributed by atoms with van der Waals surface area (Å²) < 4.78 is 5.51. The minimum atomic E-state index is -0.549. The van der Waals surface area contributed by atoms with E-state index in [1.165, 1.54) is 24.6 Å². The number of pyridine rings is 1. The fourth-order valence-corrected chi connectivity index (χ4v) is 3.59. The van der Waals surface area contributed by atoms with Crippen molar-refractivity contribution < 1.29 is 18.8 Å². The number of carbonyl (C=O) groups is 3. The SMILES string of the molecule is Cc1cc(C(=O)NCc2ncoc2C2CN(C(=O)c3ccc(C(N)=O)cc3)C2)cc(=O)[nH]1. The molecule has 1 aliphatic heterocycles. The first-order valence-electron chi connectivity index (χ1n) is 9.92. The number of likely N-dealkylation sites (tertiary alicyclic amines) is 1. The number of amides is 3. The minimum absolute atomic E-state index is 0.0416. The smallest absolute Gasteiger partial charge is 0.253 e. The molecule has 3 amide bonds. The number of H-pyrrole nitrogens is 1. The van der Waals surface area contributed by atoms with Gasteiger partial charge in [0.25, 0.3) is 11.8 Å². The third-order valence-corrected chi connectivity index (χ3v) is 5.29. The van der Waals surface area contributed by atoms with Gasteiger partial charge in [0.2, 0.25) is 11.5 Å². The number of hydrogen-bond acceptors (Lipinski definition) is 6. The van der Waals surface area contributed by atoms with E-state index < -0.39 is 11.8 Å². The number of rotatable bonds is 6. The number of hydrogen-bond donors (Lipinski definition) is 3. The summed E-state index contributed by atoms with van der Waals surface area (Å²) in [5.74, 6) is -0.526. The summed E-state index contributed by atoms with van der Waals surface area (Å²) in [6.07, 6.45) is 1.31. The topological polar surface area (TPSA) is 151 Å². The second-order valence-electron chi connectivity index (χ2n) is 7.61. The van der Waals surface area contributed by atoms with E-state index >= 15 is 0 Å². The lowest BCUT2D eigenvalue weighted by Gasteiger charge is -2.38. The van der Waals surface area contributed by atoms with Crippen LogP contribution in [0.3, 0.4) is 0 Å². The summed E-state index contributed by atoms with van der Waals surface area (Å²) in [6, 6.07) is 9.00. The van der Waals surface area contributed by atoms with Gasteiger partial charge in [-0.2, -0.15) is 0 Å². The van der Waals surface area contributed by atoms with Crippen molar-refractivity contribution in [1.29, 1.82) is 0 Å². The molecule has 32 heavy (non-hydrogen) atoms. The summed E-state index contributed by atoms with van der Waals surface area (Å²) in [4.78, 5) is 56.1. The molecule has 1 fully saturated rings. The van der Waals surface area contributed by atoms with E-state index in [-0.39, 0.29) is 29.5 Å². The van der Waals surface area contributed by atoms with Crippen LogP contribution in [0.4, 0.5) is 0 Å². The molecule has 0 atom stereocenters. The lowest BCUT2D eigenvalue weighted by Crippen LogP contribution is -2.48. The zero-order chi connectivity index (χ0) is 22.8. The molecule has 1 aliphatic rings. The fraction of sp³-hybridized carbons (Fsp3) is 0.227. The minimum Gasteiger partial charge on any atom is -0.448 e. The van der Waals surface area contributed by atoms with Crippen molar-refractivity contribution in [2.75, 3.05) is 13.1 Å². The van der Waals surface area contributed by atoms with E-state index in [0.717, 1.165) is 0 Å². The lowest BCUT2D eigenvalue weighted by atomic mass is 9.94. The van der Waals surface area contributed by atoms with E-state index in [4.69, 9.17) is 10.2 Å². The van der Waals surface area contributed by atoms with Crippen LogP contribution in [0.25, 0.3) is 0 Å². The molecule has 4 rings (SSSR count). The second kappa shape index (κ2) is 8.50. The van der Waals surface area contributed by atoms with Crippen LogP contribution in [0, 0.1) is 6.92 Å². The van der Waals surface area contributed by atoms with Crippen molar-refractivity contribution in [3.05, 3.63) is 87.0 Å². The predicted molar refractivity (Wildman–Crippen MR) is 113 cm³/mol. The number of nitrogens with two attached hydrogens (primary N) is 1. The van der Waals surface area contributed by atoms with Crippen LogP contribution in [-0.2, 0) is 6.54 Å². The van der Waals surface area contributed by atoms with Gasteiger partial charge in [-0.1, -0.05) is 0 Å². The first-order chi connectivity index (χ1) is 15.3. The Kier molecular flexibility index (Phi) is 5.59. The van der Waals surface area contributed by atoms with E-state index in [0.29, 0.717) is 41.4 Å². The van der Waals surface area contributed by atoms with Crippen LogP contribution in [-0.4, -0.2) is 45.7 Å². The van der Waals surface area contributed by atoms with Crippen molar-refractivity contribution in [3.63, 3.8) is 0 Å². The van der Waals surface area contributed by atoms with Gasteiger partial charge < -0.3 is 25.4 Å². The normalized spacial score (nSPS) is 13.5. The molecular weight excluding hydrogens is 414 g/mol. The number of carbonyl (C=O) groups excluding carboxylic acids is 3. The number of benzene rings is 1. The van der Waals surface area contributed by atoms with Gasteiger partial charge in [0.15, 0.2) is 6.39 Å². The highest BCUT2D eigenvalue weighted by Gasteiger charge is 2.36. The first-order valence-corrected chi connectivity index (χ1v) is 9.92. The highest BCUT2D eigenvalue weighted by Crippen LogP contribution is 2.30. The van der Waals surface area contributed by atoms with Crippen molar-refractivity contribution in [3.8, 4) is 0 Å². The molecule has 2 aromatic heterocycles. The number of aryl methyl sites for hydroxylation is 1. The predicted octanol–water partition coefficient (Wildman–Crippen LogP) is 0.940. The number of primary amides is 1. The van der Waals surface area contributed by atoms with Crippen LogP contribution >= 0.6 is 0 Å². The van der Waals surface area contributed by atoms with Gasteiger partial charge in [-0.3, -0.25) is 19.2 Å². The summed E-state index contributed by atoms with van der Waals surface area (Å²) in [5, 5.41) is 2.74. The number of aromatic amines is 1. The highest BCUT2D eigenvalue weighted by molar-refractivity contribution is 5.97. The second-order valence-corrected chi connectivity index (χ2v) is 7.61. The van der Waals surface area contributed by atoms with Crippen LogP contribution in [0.15, 0.2) is 52.0 Å². The van der Waals surface area contributed by atoms with Crippen LogP contribution in [0.1, 0.15) is 54.1 Å². The quantitative estimate of drug-likeness (QED) is 0.524. The van der Waals surface area contributed by atoms with Gasteiger partial charge in [0, 0.05) is 41.5 Å². The van der Waals surface area contributed by atoms with Gasteiger partial charge in [-0.05, 0) is 37.3 Å². The Morgan fingerprint density at radius 3 is 2.50 bits per heavy atom. The van der Waals surface area contributed by atoms with Gasteiger partial charge in [-0.15, -0.1) is 0 Å². The Hall–Kier alpha value is -4.21. The first kappa shape index (κ1) is 21.0. The van der Waals surface area contributed by atoms with Crippen LogP contribution in [0.2, 0.25) is 0 Å². The molecule has 3 heterocycles. The van der Waals surface area contributed by atoms with E-state index in [1.807, 2.05) is 0 Å². The molecule has 0 saturated carbocycles. The Morgan fingerprint density at radius 2 is 1.84 bits per heavy atom. The number of nitrogens with one attached hydrogen (secondary N) is 2. The van der Waals surface area contributed by atoms with E-state index in [2.05, 4.69) is 15.3 Å². The molecule has 0 bridgehead atoms. The summed E-state index contributed by atoms with van der Waals surface area (Å²) in [5.41, 5.74) is 7.10. The molecular formula is C22H21N5O5. The standard InChI is InChI=1S/C22H21N5O5/c1-12-6-15(7-18(28)26-12)21(30)24-8-17-19(32-11-25-17)16-9-27(10-16)22(31)14-4-2-13(3-5-14)20(23)29/h2-7,11,16H,8-10H2,1H3,(H2,23,29)(H,24,30)(H,26,28). The molecule has 0 spiro atoms. The van der Waals surface area contributed by atoms with Crippen molar-refractivity contribution in [2.24, 2.45) is 5.73 Å². The molecule has 1 aromatic carbocycles. The van der Waals surface area contributed by atoms with E-state index in [1.54, 1.807) is 30.0 Å². The Labute approximate surface area is 182 Å². The maximum Gasteiger partial charge on any atom is 0.253 e. The van der Waals surface area contributed by atoms with Crippen LogP contribution < -0.4 is 16.6 Å². The third kappa shape index (κ3) is 4.29. The Balaban J connectivity index is 1.35. The molecule has 0 radical (unpaired) electrons. The molecule has 0 aliphatic carbocycles. The third-order valence-electron chi connectivity index (χ3n) is 5.29. The maximum atomic E-state index is 12.6. The molecule has 1 saturated heterocycles. The van der Waals surface area contributed by atoms with Gasteiger partial charge in [-0.25, -0.2) is 4.98 Å².